The molecule has 0 bridgehead atoms. The summed E-state index contributed by atoms with van der Waals surface area (Å²) in [7, 11) is 0. The number of carbonyl (C=O) groups excluding carboxylic acids is 1. The van der Waals surface area contributed by atoms with Crippen LogP contribution in [-0.4, -0.2) is 64.2 Å². The third kappa shape index (κ3) is 3.20. The first-order chi connectivity index (χ1) is 12.8. The van der Waals surface area contributed by atoms with Crippen molar-refractivity contribution in [2.75, 3.05) is 19.8 Å². The number of urea groups is 1. The van der Waals surface area contributed by atoms with Crippen LogP contribution in [-0.2, 0) is 9.47 Å². The zero-order valence-electron chi connectivity index (χ0n) is 14.2. The molecule has 0 spiro atoms. The Hall–Kier alpha value is -2.72. The number of ether oxygens (including phenoxy) is 3. The van der Waals surface area contributed by atoms with Gasteiger partial charge in [-0.15, -0.1) is 0 Å². The molecule has 0 radical (unpaired) electrons. The zero-order chi connectivity index (χ0) is 17.9. The Bertz CT molecular complexity index is 754. The number of nitrogens with one attached hydrogen (secondary N) is 2. The topological polar surface area (TPSA) is 112 Å². The molecule has 2 aliphatic rings. The number of rotatable bonds is 5. The minimum Gasteiger partial charge on any atom is -0.423 e. The van der Waals surface area contributed by atoms with Gasteiger partial charge in [-0.25, -0.2) is 4.79 Å². The predicted octanol–water partition coefficient (Wildman–Crippen LogP) is 0.492. The lowest BCUT2D eigenvalue weighted by Gasteiger charge is -2.18. The Labute approximate surface area is 149 Å². The van der Waals surface area contributed by atoms with Crippen LogP contribution < -0.4 is 15.4 Å². The molecule has 0 aliphatic carbocycles. The normalized spacial score (nSPS) is 27.1. The molecule has 138 valence electrons. The molecule has 3 heterocycles. The maximum atomic E-state index is 11.8. The van der Waals surface area contributed by atoms with E-state index in [1.807, 2.05) is 37.3 Å². The molecule has 26 heavy (non-hydrogen) atoms. The molecule has 2 aromatic rings. The summed E-state index contributed by atoms with van der Waals surface area (Å²) in [5.74, 6) is 0.641. The fourth-order valence-corrected chi connectivity index (χ4v) is 3.25. The van der Waals surface area contributed by atoms with Gasteiger partial charge in [-0.3, -0.25) is 0 Å². The van der Waals surface area contributed by atoms with E-state index in [2.05, 4.69) is 26.2 Å². The summed E-state index contributed by atoms with van der Waals surface area (Å²) in [6.45, 7) is 3.17. The fourth-order valence-electron chi connectivity index (χ4n) is 3.25. The summed E-state index contributed by atoms with van der Waals surface area (Å²) >= 11 is 0. The minimum absolute atomic E-state index is 0.216. The van der Waals surface area contributed by atoms with Crippen molar-refractivity contribution < 1.29 is 19.0 Å². The molecular formula is C16H20N6O4. The highest BCUT2D eigenvalue weighted by Crippen LogP contribution is 2.35. The highest BCUT2D eigenvalue weighted by Gasteiger charge is 2.50. The van der Waals surface area contributed by atoms with Gasteiger partial charge in [0, 0.05) is 6.54 Å². The van der Waals surface area contributed by atoms with Crippen LogP contribution in [0.1, 0.15) is 13.0 Å². The van der Waals surface area contributed by atoms with Crippen LogP contribution in [0.15, 0.2) is 30.3 Å². The number of amides is 2. The van der Waals surface area contributed by atoms with E-state index in [9.17, 15) is 4.79 Å². The van der Waals surface area contributed by atoms with Crippen LogP contribution in [0.5, 0.6) is 11.8 Å². The van der Waals surface area contributed by atoms with Crippen LogP contribution in [0.2, 0.25) is 0 Å². The van der Waals surface area contributed by atoms with Gasteiger partial charge in [0.1, 0.15) is 24.0 Å². The van der Waals surface area contributed by atoms with Crippen molar-refractivity contribution >= 4 is 6.03 Å². The lowest BCUT2D eigenvalue weighted by Crippen LogP contribution is -2.48. The number of benzene rings is 1. The monoisotopic (exact) mass is 360 g/mol. The van der Waals surface area contributed by atoms with Gasteiger partial charge in [-0.05, 0) is 29.5 Å². The van der Waals surface area contributed by atoms with Crippen LogP contribution in [0.25, 0.3) is 0 Å². The third-order valence-corrected chi connectivity index (χ3v) is 4.41. The largest absolute Gasteiger partial charge is 0.423 e. The number of hydrogen-bond acceptors (Lipinski definition) is 7. The summed E-state index contributed by atoms with van der Waals surface area (Å²) in [6.07, 6.45) is -0.514. The highest BCUT2D eigenvalue weighted by molar-refractivity contribution is 5.74. The number of para-hydroxylation sites is 1. The van der Waals surface area contributed by atoms with Crippen molar-refractivity contribution in [3.05, 3.63) is 30.3 Å². The third-order valence-electron chi connectivity index (χ3n) is 4.41. The summed E-state index contributed by atoms with van der Waals surface area (Å²) in [6, 6.07) is 8.89. The number of fused-ring (bicyclic) bond motifs is 1. The lowest BCUT2D eigenvalue weighted by atomic mass is 10.1. The average molecular weight is 360 g/mol. The molecule has 1 aromatic carbocycles. The quantitative estimate of drug-likeness (QED) is 0.798. The molecule has 2 N–H and O–H groups in total. The highest BCUT2D eigenvalue weighted by atomic mass is 16.6. The van der Waals surface area contributed by atoms with Gasteiger partial charge in [-0.1, -0.05) is 23.3 Å². The molecule has 4 atom stereocenters. The first-order valence-corrected chi connectivity index (χ1v) is 8.54. The first kappa shape index (κ1) is 16.7. The predicted molar refractivity (Wildman–Crippen MR) is 88.8 cm³/mol. The Morgan fingerprint density at radius 2 is 2.08 bits per heavy atom. The lowest BCUT2D eigenvalue weighted by molar-refractivity contribution is 0.0613. The number of nitrogens with zero attached hydrogens (tertiary/aromatic N) is 4. The Morgan fingerprint density at radius 3 is 2.88 bits per heavy atom. The molecule has 10 heteroatoms. The number of hydrogen-bond donors (Lipinski definition) is 2. The smallest absolute Gasteiger partial charge is 0.341 e. The minimum atomic E-state index is -0.261. The van der Waals surface area contributed by atoms with E-state index >= 15 is 0 Å². The number of tetrazole rings is 1. The van der Waals surface area contributed by atoms with E-state index in [1.165, 1.54) is 0 Å². The SMILES string of the molecule is CCNC(=O)N[C@H]1CO[C@H]2[C@@H]1OC[C@@H]2n1nnnc1Oc1ccccc1. The average Bonchev–Trinajstić information content (AvgIpc) is 3.34. The number of aromatic nitrogens is 4. The van der Waals surface area contributed by atoms with Crippen molar-refractivity contribution in [3.8, 4) is 11.8 Å². The summed E-state index contributed by atoms with van der Waals surface area (Å²) in [5.41, 5.74) is 0. The van der Waals surface area contributed by atoms with Crippen LogP contribution in [0.3, 0.4) is 0 Å². The molecule has 2 amide bonds. The molecule has 1 aromatic heterocycles. The Kier molecular flexibility index (Phi) is 4.67. The van der Waals surface area contributed by atoms with Gasteiger partial charge >= 0.3 is 12.0 Å². The summed E-state index contributed by atoms with van der Waals surface area (Å²) in [5, 5.41) is 17.3. The van der Waals surface area contributed by atoms with Crippen LogP contribution in [0, 0.1) is 0 Å². The second kappa shape index (κ2) is 7.26. The van der Waals surface area contributed by atoms with Gasteiger partial charge in [0.15, 0.2) is 0 Å². The van der Waals surface area contributed by atoms with E-state index in [4.69, 9.17) is 14.2 Å². The molecular weight excluding hydrogens is 340 g/mol. The van der Waals surface area contributed by atoms with Crippen molar-refractivity contribution in [1.82, 2.24) is 30.8 Å². The molecule has 10 nitrogen and oxygen atoms in total. The Morgan fingerprint density at radius 1 is 1.27 bits per heavy atom. The zero-order valence-corrected chi connectivity index (χ0v) is 14.2. The van der Waals surface area contributed by atoms with Crippen molar-refractivity contribution in [2.45, 2.75) is 31.2 Å². The van der Waals surface area contributed by atoms with Gasteiger partial charge in [-0.2, -0.15) is 4.68 Å². The summed E-state index contributed by atoms with van der Waals surface area (Å²) in [4.78, 5) is 11.8. The second-order valence-electron chi connectivity index (χ2n) is 6.09. The Balaban J connectivity index is 1.46. The van der Waals surface area contributed by atoms with E-state index in [0.29, 0.717) is 25.5 Å². The van der Waals surface area contributed by atoms with Crippen molar-refractivity contribution in [3.63, 3.8) is 0 Å². The van der Waals surface area contributed by atoms with Crippen molar-refractivity contribution in [2.24, 2.45) is 0 Å². The number of carbonyl (C=O) groups is 1. The molecule has 2 fully saturated rings. The van der Waals surface area contributed by atoms with E-state index in [0.717, 1.165) is 0 Å². The molecule has 0 saturated carbocycles. The van der Waals surface area contributed by atoms with E-state index in [-0.39, 0.29) is 36.3 Å². The van der Waals surface area contributed by atoms with E-state index in [1.54, 1.807) is 4.68 Å². The fraction of sp³-hybridized carbons (Fsp3) is 0.500. The van der Waals surface area contributed by atoms with Gasteiger partial charge in [0.25, 0.3) is 0 Å². The first-order valence-electron chi connectivity index (χ1n) is 8.54. The standard InChI is InChI=1S/C16H20N6O4/c1-2-17-15(23)18-11-8-24-14-12(9-25-13(11)14)22-16(19-20-21-22)26-10-6-4-3-5-7-10/h3-7,11-14H,2,8-9H2,1H3,(H2,17,18,23)/t11-,12-,13+,14+/m0/s1. The van der Waals surface area contributed by atoms with Gasteiger partial charge < -0.3 is 24.8 Å². The maximum Gasteiger partial charge on any atom is 0.341 e. The molecule has 0 unspecified atom stereocenters. The maximum absolute atomic E-state index is 11.8. The van der Waals surface area contributed by atoms with Gasteiger partial charge in [0.05, 0.1) is 19.3 Å². The van der Waals surface area contributed by atoms with Crippen LogP contribution in [0.4, 0.5) is 4.79 Å². The van der Waals surface area contributed by atoms with Gasteiger partial charge in [0.2, 0.25) is 0 Å². The van der Waals surface area contributed by atoms with E-state index < -0.39 is 0 Å². The van der Waals surface area contributed by atoms with Crippen LogP contribution >= 0.6 is 0 Å². The molecule has 2 saturated heterocycles. The second-order valence-corrected chi connectivity index (χ2v) is 6.09. The van der Waals surface area contributed by atoms with Crippen molar-refractivity contribution in [1.29, 1.82) is 0 Å². The molecule has 2 aliphatic heterocycles. The molecule has 4 rings (SSSR count). The summed E-state index contributed by atoms with van der Waals surface area (Å²) < 4.78 is 19.1.